The van der Waals surface area contributed by atoms with Crippen LogP contribution in [-0.2, 0) is 6.54 Å². The minimum atomic E-state index is -0.532. The molecule has 5 N–H and O–H groups in total. The number of aromatic amines is 1. The van der Waals surface area contributed by atoms with E-state index in [2.05, 4.69) is 10.3 Å². The van der Waals surface area contributed by atoms with Gasteiger partial charge in [0, 0.05) is 6.54 Å². The maximum atomic E-state index is 12.0. The first-order valence-corrected chi connectivity index (χ1v) is 7.47. The summed E-state index contributed by atoms with van der Waals surface area (Å²) in [7, 11) is 0. The number of anilines is 2. The number of aromatic nitrogens is 2. The highest BCUT2D eigenvalue weighted by Gasteiger charge is 2.25. The highest BCUT2D eigenvalue weighted by Crippen LogP contribution is 2.23. The van der Waals surface area contributed by atoms with Gasteiger partial charge in [-0.15, -0.1) is 0 Å². The summed E-state index contributed by atoms with van der Waals surface area (Å²) in [6.45, 7) is 4.37. The topological polar surface area (TPSA) is 113 Å². The number of H-pyrrole nitrogens is 1. The van der Waals surface area contributed by atoms with Crippen molar-refractivity contribution in [2.24, 2.45) is 5.92 Å². The third-order valence-corrected chi connectivity index (χ3v) is 3.85. The summed E-state index contributed by atoms with van der Waals surface area (Å²) in [4.78, 5) is 26.1. The minimum absolute atomic E-state index is 0.134. The first-order valence-electron chi connectivity index (χ1n) is 7.47. The molecule has 21 heavy (non-hydrogen) atoms. The van der Waals surface area contributed by atoms with Gasteiger partial charge in [-0.25, -0.2) is 4.79 Å². The van der Waals surface area contributed by atoms with Crippen molar-refractivity contribution in [2.75, 3.05) is 11.1 Å². The molecule has 1 aromatic heterocycles. The third kappa shape index (κ3) is 3.47. The number of nitrogen functional groups attached to an aromatic ring is 1. The molecule has 0 bridgehead atoms. The van der Waals surface area contributed by atoms with Gasteiger partial charge in [0.2, 0.25) is 0 Å². The number of nitrogens with zero attached hydrogens (tertiary/aromatic N) is 1. The number of hydrogen-bond acceptors (Lipinski definition) is 5. The van der Waals surface area contributed by atoms with Crippen LogP contribution >= 0.6 is 0 Å². The van der Waals surface area contributed by atoms with Crippen LogP contribution in [0.3, 0.4) is 0 Å². The zero-order valence-electron chi connectivity index (χ0n) is 12.6. The SMILES string of the molecule is CC(C)Cn1c(N)c(NC2CCCCC2O)c(=O)[nH]c1=O. The van der Waals surface area contributed by atoms with E-state index >= 15 is 0 Å². The molecule has 1 aliphatic rings. The minimum Gasteiger partial charge on any atom is -0.391 e. The van der Waals surface area contributed by atoms with E-state index in [1.54, 1.807) is 0 Å². The van der Waals surface area contributed by atoms with Gasteiger partial charge in [-0.2, -0.15) is 0 Å². The molecule has 0 radical (unpaired) electrons. The van der Waals surface area contributed by atoms with Crippen molar-refractivity contribution >= 4 is 11.5 Å². The standard InChI is InChI=1S/C14H24N4O3/c1-8(2)7-18-12(15)11(13(20)17-14(18)21)16-9-5-3-4-6-10(9)19/h8-10,16,19H,3-7,15H2,1-2H3,(H,17,20,21). The molecular formula is C14H24N4O3. The number of nitrogens with two attached hydrogens (primary N) is 1. The molecule has 0 aromatic carbocycles. The van der Waals surface area contributed by atoms with Crippen LogP contribution in [-0.4, -0.2) is 26.8 Å². The van der Waals surface area contributed by atoms with Gasteiger partial charge in [0.25, 0.3) is 5.56 Å². The number of aliphatic hydroxyl groups excluding tert-OH is 1. The summed E-state index contributed by atoms with van der Waals surface area (Å²) >= 11 is 0. The first-order chi connectivity index (χ1) is 9.90. The predicted octanol–water partition coefficient (Wildman–Crippen LogP) is 0.490. The molecule has 7 heteroatoms. The summed E-state index contributed by atoms with van der Waals surface area (Å²) in [6, 6.07) is -0.202. The highest BCUT2D eigenvalue weighted by molar-refractivity contribution is 5.61. The van der Waals surface area contributed by atoms with Gasteiger partial charge in [-0.05, 0) is 18.8 Å². The molecular weight excluding hydrogens is 272 g/mol. The average Bonchev–Trinajstić information content (AvgIpc) is 2.41. The molecule has 2 unspecified atom stereocenters. The molecule has 0 saturated heterocycles. The maximum Gasteiger partial charge on any atom is 0.330 e. The van der Waals surface area contributed by atoms with Crippen molar-refractivity contribution in [3.8, 4) is 0 Å². The number of aliphatic hydroxyl groups is 1. The van der Waals surface area contributed by atoms with E-state index < -0.39 is 17.4 Å². The van der Waals surface area contributed by atoms with Crippen LogP contribution in [0.4, 0.5) is 11.5 Å². The number of nitrogens with one attached hydrogen (secondary N) is 2. The van der Waals surface area contributed by atoms with E-state index in [1.165, 1.54) is 4.57 Å². The van der Waals surface area contributed by atoms with Crippen molar-refractivity contribution in [3.63, 3.8) is 0 Å². The third-order valence-electron chi connectivity index (χ3n) is 3.85. The molecule has 0 aliphatic heterocycles. The average molecular weight is 296 g/mol. The second-order valence-corrected chi connectivity index (χ2v) is 6.13. The summed E-state index contributed by atoms with van der Waals surface area (Å²) < 4.78 is 1.36. The van der Waals surface area contributed by atoms with Gasteiger partial charge in [0.05, 0.1) is 12.1 Å². The lowest BCUT2D eigenvalue weighted by molar-refractivity contribution is 0.116. The van der Waals surface area contributed by atoms with E-state index in [1.807, 2.05) is 13.8 Å². The quantitative estimate of drug-likeness (QED) is 0.646. The van der Waals surface area contributed by atoms with Crippen LogP contribution in [0, 0.1) is 5.92 Å². The van der Waals surface area contributed by atoms with Crippen LogP contribution in [0.25, 0.3) is 0 Å². The summed E-state index contributed by atoms with van der Waals surface area (Å²) in [5.41, 5.74) is 5.15. The van der Waals surface area contributed by atoms with Crippen molar-refractivity contribution < 1.29 is 5.11 Å². The van der Waals surface area contributed by atoms with Crippen LogP contribution in [0.5, 0.6) is 0 Å². The molecule has 0 amide bonds. The normalized spacial score (nSPS) is 22.5. The first kappa shape index (κ1) is 15.6. The summed E-state index contributed by atoms with van der Waals surface area (Å²) in [6.07, 6.45) is 2.98. The van der Waals surface area contributed by atoms with E-state index in [-0.39, 0.29) is 23.5 Å². The Bertz CT molecular complexity index is 605. The van der Waals surface area contributed by atoms with E-state index in [0.717, 1.165) is 19.3 Å². The number of hydrogen-bond donors (Lipinski definition) is 4. The second-order valence-electron chi connectivity index (χ2n) is 6.13. The molecule has 1 saturated carbocycles. The Morgan fingerprint density at radius 3 is 2.67 bits per heavy atom. The summed E-state index contributed by atoms with van der Waals surface area (Å²) in [5.74, 6) is 0.360. The highest BCUT2D eigenvalue weighted by atomic mass is 16.3. The molecule has 1 aromatic rings. The number of rotatable bonds is 4. The fourth-order valence-corrected chi connectivity index (χ4v) is 2.74. The Morgan fingerprint density at radius 1 is 1.38 bits per heavy atom. The van der Waals surface area contributed by atoms with E-state index in [0.29, 0.717) is 13.0 Å². The van der Waals surface area contributed by atoms with Gasteiger partial charge >= 0.3 is 5.69 Å². The van der Waals surface area contributed by atoms with E-state index in [4.69, 9.17) is 5.73 Å². The van der Waals surface area contributed by atoms with Gasteiger partial charge in [-0.1, -0.05) is 26.7 Å². The van der Waals surface area contributed by atoms with Gasteiger partial charge in [-0.3, -0.25) is 14.3 Å². The van der Waals surface area contributed by atoms with Crippen molar-refractivity contribution in [1.29, 1.82) is 0 Å². The van der Waals surface area contributed by atoms with Crippen LogP contribution < -0.4 is 22.3 Å². The Kier molecular flexibility index (Phi) is 4.72. The van der Waals surface area contributed by atoms with Gasteiger partial charge < -0.3 is 16.2 Å². The lowest BCUT2D eigenvalue weighted by Crippen LogP contribution is -2.41. The van der Waals surface area contributed by atoms with Crippen molar-refractivity contribution in [3.05, 3.63) is 20.8 Å². The fraction of sp³-hybridized carbons (Fsp3) is 0.714. The molecule has 1 fully saturated rings. The molecule has 1 heterocycles. The lowest BCUT2D eigenvalue weighted by atomic mass is 9.92. The molecule has 118 valence electrons. The van der Waals surface area contributed by atoms with Crippen LogP contribution in [0.15, 0.2) is 9.59 Å². The smallest absolute Gasteiger partial charge is 0.330 e. The molecule has 2 rings (SSSR count). The monoisotopic (exact) mass is 296 g/mol. The molecule has 2 atom stereocenters. The summed E-state index contributed by atoms with van der Waals surface area (Å²) in [5, 5.41) is 13.0. The van der Waals surface area contributed by atoms with Gasteiger partial charge in [0.15, 0.2) is 0 Å². The second kappa shape index (κ2) is 6.34. The zero-order valence-corrected chi connectivity index (χ0v) is 12.6. The van der Waals surface area contributed by atoms with Crippen LogP contribution in [0.1, 0.15) is 39.5 Å². The Balaban J connectivity index is 2.34. The van der Waals surface area contributed by atoms with Crippen molar-refractivity contribution in [1.82, 2.24) is 9.55 Å². The largest absolute Gasteiger partial charge is 0.391 e. The lowest BCUT2D eigenvalue weighted by Gasteiger charge is -2.29. The molecule has 0 spiro atoms. The maximum absolute atomic E-state index is 12.0. The van der Waals surface area contributed by atoms with Crippen molar-refractivity contribution in [2.45, 2.75) is 58.2 Å². The predicted molar refractivity (Wildman–Crippen MR) is 82.5 cm³/mol. The van der Waals surface area contributed by atoms with Gasteiger partial charge in [0.1, 0.15) is 11.5 Å². The van der Waals surface area contributed by atoms with Crippen LogP contribution in [0.2, 0.25) is 0 Å². The molecule has 1 aliphatic carbocycles. The molecule has 7 nitrogen and oxygen atoms in total. The zero-order chi connectivity index (χ0) is 15.6. The Morgan fingerprint density at radius 2 is 2.05 bits per heavy atom. The fourth-order valence-electron chi connectivity index (χ4n) is 2.74. The Hall–Kier alpha value is -1.76. The van der Waals surface area contributed by atoms with E-state index in [9.17, 15) is 14.7 Å². The Labute approximate surface area is 123 Å².